The molecule has 1 fully saturated rings. The number of benzene rings is 1. The molecular formula is C19H23FN4OS. The molecule has 1 aliphatic heterocycles. The predicted molar refractivity (Wildman–Crippen MR) is 101 cm³/mol. The molecule has 1 saturated heterocycles. The molecule has 26 heavy (non-hydrogen) atoms. The van der Waals surface area contributed by atoms with Crippen LogP contribution in [0.15, 0.2) is 40.4 Å². The minimum absolute atomic E-state index is 0.141. The summed E-state index contributed by atoms with van der Waals surface area (Å²) in [6.45, 7) is 5.00. The SMILES string of the molecule is Cc1cc(C)nc(Sc2ccc(NC(=O)CC3CCNCC3F)cc2)n1. The topological polar surface area (TPSA) is 66.9 Å². The number of anilines is 1. The molecule has 2 atom stereocenters. The number of carbonyl (C=O) groups is 1. The molecule has 0 spiro atoms. The molecule has 0 bridgehead atoms. The van der Waals surface area contributed by atoms with Crippen LogP contribution in [0.5, 0.6) is 0 Å². The van der Waals surface area contributed by atoms with E-state index < -0.39 is 6.17 Å². The highest BCUT2D eigenvalue weighted by atomic mass is 32.2. The van der Waals surface area contributed by atoms with E-state index in [2.05, 4.69) is 20.6 Å². The number of piperidine rings is 1. The summed E-state index contributed by atoms with van der Waals surface area (Å²) in [6.07, 6.45) is -0.0402. The van der Waals surface area contributed by atoms with Crippen molar-refractivity contribution in [2.24, 2.45) is 5.92 Å². The van der Waals surface area contributed by atoms with E-state index in [0.29, 0.717) is 23.8 Å². The number of alkyl halides is 1. The Morgan fingerprint density at radius 2 is 1.96 bits per heavy atom. The summed E-state index contributed by atoms with van der Waals surface area (Å²) in [6, 6.07) is 9.47. The highest BCUT2D eigenvalue weighted by Gasteiger charge is 2.26. The van der Waals surface area contributed by atoms with Gasteiger partial charge < -0.3 is 10.6 Å². The zero-order valence-corrected chi connectivity index (χ0v) is 15.8. The average molecular weight is 374 g/mol. The third kappa shape index (κ3) is 5.25. The van der Waals surface area contributed by atoms with E-state index in [1.54, 1.807) is 0 Å². The Balaban J connectivity index is 1.56. The van der Waals surface area contributed by atoms with Gasteiger partial charge in [0.15, 0.2) is 5.16 Å². The first-order valence-corrected chi connectivity index (χ1v) is 9.56. The Bertz CT molecular complexity index is 748. The molecular weight excluding hydrogens is 351 g/mol. The van der Waals surface area contributed by atoms with E-state index in [1.807, 2.05) is 44.2 Å². The van der Waals surface area contributed by atoms with Gasteiger partial charge in [-0.2, -0.15) is 0 Å². The number of nitrogens with zero attached hydrogens (tertiary/aromatic N) is 2. The fourth-order valence-electron chi connectivity index (χ4n) is 3.01. The van der Waals surface area contributed by atoms with Crippen LogP contribution < -0.4 is 10.6 Å². The van der Waals surface area contributed by atoms with Crippen molar-refractivity contribution in [1.82, 2.24) is 15.3 Å². The summed E-state index contributed by atoms with van der Waals surface area (Å²) in [5.41, 5.74) is 2.59. The Morgan fingerprint density at radius 3 is 2.62 bits per heavy atom. The van der Waals surface area contributed by atoms with Gasteiger partial charge in [-0.05, 0) is 68.9 Å². The summed E-state index contributed by atoms with van der Waals surface area (Å²) in [7, 11) is 0. The van der Waals surface area contributed by atoms with Gasteiger partial charge in [0.05, 0.1) is 0 Å². The van der Waals surface area contributed by atoms with Crippen molar-refractivity contribution >= 4 is 23.4 Å². The highest BCUT2D eigenvalue weighted by Crippen LogP contribution is 2.26. The number of aryl methyl sites for hydroxylation is 2. The molecule has 5 nitrogen and oxygen atoms in total. The van der Waals surface area contributed by atoms with Crippen molar-refractivity contribution < 1.29 is 9.18 Å². The number of amides is 1. The number of hydrogen-bond acceptors (Lipinski definition) is 5. The van der Waals surface area contributed by atoms with Crippen LogP contribution in [0.3, 0.4) is 0 Å². The second-order valence-corrected chi connectivity index (χ2v) is 7.62. The summed E-state index contributed by atoms with van der Waals surface area (Å²) in [5.74, 6) is -0.342. The van der Waals surface area contributed by atoms with Crippen LogP contribution in [-0.4, -0.2) is 35.1 Å². The number of rotatable bonds is 5. The second kappa shape index (κ2) is 8.60. The molecule has 2 aromatic rings. The fraction of sp³-hybridized carbons (Fsp3) is 0.421. The zero-order chi connectivity index (χ0) is 18.5. The predicted octanol–water partition coefficient (Wildman–Crippen LogP) is 3.52. The first-order valence-electron chi connectivity index (χ1n) is 8.74. The first kappa shape index (κ1) is 18.8. The molecule has 2 heterocycles. The fourth-order valence-corrected chi connectivity index (χ4v) is 3.87. The maximum Gasteiger partial charge on any atom is 0.224 e. The Kier molecular flexibility index (Phi) is 6.21. The van der Waals surface area contributed by atoms with E-state index in [0.717, 1.165) is 22.8 Å². The lowest BCUT2D eigenvalue weighted by Crippen LogP contribution is -2.39. The summed E-state index contributed by atoms with van der Waals surface area (Å²) in [5, 5.41) is 6.56. The molecule has 0 radical (unpaired) electrons. The summed E-state index contributed by atoms with van der Waals surface area (Å²) < 4.78 is 13.8. The van der Waals surface area contributed by atoms with E-state index in [4.69, 9.17) is 0 Å². The largest absolute Gasteiger partial charge is 0.326 e. The van der Waals surface area contributed by atoms with Gasteiger partial charge in [0.1, 0.15) is 6.17 Å². The summed E-state index contributed by atoms with van der Waals surface area (Å²) >= 11 is 1.48. The van der Waals surface area contributed by atoms with Crippen molar-refractivity contribution in [3.8, 4) is 0 Å². The maximum absolute atomic E-state index is 13.8. The number of hydrogen-bond donors (Lipinski definition) is 2. The molecule has 1 amide bonds. The van der Waals surface area contributed by atoms with Crippen LogP contribution >= 0.6 is 11.8 Å². The Hall–Kier alpha value is -1.99. The van der Waals surface area contributed by atoms with Gasteiger partial charge in [0.2, 0.25) is 5.91 Å². The minimum atomic E-state index is -0.953. The quantitative estimate of drug-likeness (QED) is 0.784. The third-order valence-electron chi connectivity index (χ3n) is 4.30. The lowest BCUT2D eigenvalue weighted by molar-refractivity contribution is -0.117. The van der Waals surface area contributed by atoms with Gasteiger partial charge in [0, 0.05) is 40.9 Å². The van der Waals surface area contributed by atoms with Crippen LogP contribution in [-0.2, 0) is 4.79 Å². The standard InChI is InChI=1S/C19H23FN4OS/c1-12-9-13(2)23-19(22-12)26-16-5-3-15(4-6-16)24-18(25)10-14-7-8-21-11-17(14)20/h3-6,9,14,17,21H,7-8,10-11H2,1-2H3,(H,24,25). The van der Waals surface area contributed by atoms with Crippen molar-refractivity contribution in [2.75, 3.05) is 18.4 Å². The molecule has 138 valence electrons. The lowest BCUT2D eigenvalue weighted by Gasteiger charge is -2.26. The molecule has 1 aromatic carbocycles. The molecule has 2 N–H and O–H groups in total. The number of nitrogens with one attached hydrogen (secondary N) is 2. The Morgan fingerprint density at radius 1 is 1.27 bits per heavy atom. The van der Waals surface area contributed by atoms with E-state index in [9.17, 15) is 9.18 Å². The molecule has 1 aliphatic rings. The van der Waals surface area contributed by atoms with Crippen LogP contribution in [0.2, 0.25) is 0 Å². The number of carbonyl (C=O) groups excluding carboxylic acids is 1. The molecule has 0 aliphatic carbocycles. The molecule has 1 aromatic heterocycles. The van der Waals surface area contributed by atoms with Gasteiger partial charge in [0.25, 0.3) is 0 Å². The van der Waals surface area contributed by atoms with E-state index in [-0.39, 0.29) is 18.2 Å². The average Bonchev–Trinajstić information content (AvgIpc) is 2.58. The van der Waals surface area contributed by atoms with Gasteiger partial charge in [-0.1, -0.05) is 0 Å². The van der Waals surface area contributed by atoms with E-state index in [1.165, 1.54) is 11.8 Å². The first-order chi connectivity index (χ1) is 12.5. The monoisotopic (exact) mass is 374 g/mol. The third-order valence-corrected chi connectivity index (χ3v) is 5.17. The van der Waals surface area contributed by atoms with Gasteiger partial charge in [-0.15, -0.1) is 0 Å². The smallest absolute Gasteiger partial charge is 0.224 e. The van der Waals surface area contributed by atoms with Crippen LogP contribution in [0.25, 0.3) is 0 Å². The van der Waals surface area contributed by atoms with E-state index >= 15 is 0 Å². The van der Waals surface area contributed by atoms with Gasteiger partial charge in [-0.3, -0.25) is 4.79 Å². The van der Waals surface area contributed by atoms with Crippen LogP contribution in [0.4, 0.5) is 10.1 Å². The van der Waals surface area contributed by atoms with Crippen molar-refractivity contribution in [2.45, 2.75) is 42.9 Å². The molecule has 7 heteroatoms. The van der Waals surface area contributed by atoms with Gasteiger partial charge in [-0.25, -0.2) is 14.4 Å². The zero-order valence-electron chi connectivity index (χ0n) is 15.0. The van der Waals surface area contributed by atoms with Gasteiger partial charge >= 0.3 is 0 Å². The number of aromatic nitrogens is 2. The number of halogens is 1. The highest BCUT2D eigenvalue weighted by molar-refractivity contribution is 7.99. The molecule has 2 unspecified atom stereocenters. The summed E-state index contributed by atoms with van der Waals surface area (Å²) in [4.78, 5) is 22.0. The van der Waals surface area contributed by atoms with Crippen molar-refractivity contribution in [3.05, 3.63) is 41.7 Å². The molecule has 0 saturated carbocycles. The lowest BCUT2D eigenvalue weighted by atomic mass is 9.92. The Labute approximate surface area is 157 Å². The molecule has 3 rings (SSSR count). The normalized spacial score (nSPS) is 20.0. The second-order valence-electron chi connectivity index (χ2n) is 6.58. The minimum Gasteiger partial charge on any atom is -0.326 e. The van der Waals surface area contributed by atoms with Crippen LogP contribution in [0, 0.1) is 19.8 Å². The van der Waals surface area contributed by atoms with Crippen LogP contribution in [0.1, 0.15) is 24.2 Å². The maximum atomic E-state index is 13.8. The van der Waals surface area contributed by atoms with Crippen molar-refractivity contribution in [3.63, 3.8) is 0 Å². The van der Waals surface area contributed by atoms with Crippen molar-refractivity contribution in [1.29, 1.82) is 0 Å².